The monoisotopic (exact) mass is 247 g/mol. The van der Waals surface area contributed by atoms with Crippen molar-refractivity contribution >= 4 is 23.2 Å². The molecule has 1 aromatic carbocycles. The van der Waals surface area contributed by atoms with Crippen LogP contribution in [0.1, 0.15) is 30.9 Å². The molecular weight excluding hydrogens is 236 g/mol. The van der Waals surface area contributed by atoms with E-state index in [-0.39, 0.29) is 16.9 Å². The smallest absolute Gasteiger partial charge is 0.129 e. The lowest BCUT2D eigenvalue weighted by Crippen LogP contribution is -2.28. The highest BCUT2D eigenvalue weighted by atomic mass is 35.5. The molecule has 1 saturated carbocycles. The third kappa shape index (κ3) is 1.99. The Labute approximate surface area is 98.4 Å². The molecule has 2 rings (SSSR count). The number of rotatable bonds is 2. The van der Waals surface area contributed by atoms with Gasteiger partial charge in [-0.3, -0.25) is 0 Å². The molecular formula is C11H12Cl2FN. The van der Waals surface area contributed by atoms with E-state index < -0.39 is 0 Å². The Bertz CT molecular complexity index is 377. The van der Waals surface area contributed by atoms with Gasteiger partial charge in [0.15, 0.2) is 0 Å². The summed E-state index contributed by atoms with van der Waals surface area (Å²) in [6.07, 6.45) is 3.26. The molecule has 15 heavy (non-hydrogen) atoms. The van der Waals surface area contributed by atoms with E-state index in [0.29, 0.717) is 16.5 Å². The zero-order valence-electron chi connectivity index (χ0n) is 8.14. The molecule has 1 aliphatic rings. The summed E-state index contributed by atoms with van der Waals surface area (Å²) >= 11 is 11.8. The summed E-state index contributed by atoms with van der Waals surface area (Å²) in [6, 6.07) is 2.45. The minimum atomic E-state index is -0.358. The van der Waals surface area contributed by atoms with Gasteiger partial charge in [0.1, 0.15) is 5.82 Å². The lowest BCUT2D eigenvalue weighted by atomic mass is 9.77. The Morgan fingerprint density at radius 3 is 2.53 bits per heavy atom. The highest BCUT2D eigenvalue weighted by Gasteiger charge is 2.29. The summed E-state index contributed by atoms with van der Waals surface area (Å²) in [5.41, 5.74) is 6.36. The molecule has 0 amide bonds. The van der Waals surface area contributed by atoms with Crippen molar-refractivity contribution in [3.8, 4) is 0 Å². The van der Waals surface area contributed by atoms with Gasteiger partial charge in [0.25, 0.3) is 0 Å². The van der Waals surface area contributed by atoms with Gasteiger partial charge >= 0.3 is 0 Å². The number of hydrogen-bond donors (Lipinski definition) is 1. The molecule has 1 aliphatic carbocycles. The van der Waals surface area contributed by atoms with Gasteiger partial charge in [-0.25, -0.2) is 4.39 Å². The molecule has 2 N–H and O–H groups in total. The van der Waals surface area contributed by atoms with Gasteiger partial charge in [-0.1, -0.05) is 29.6 Å². The second-order valence-corrected chi connectivity index (χ2v) is 4.76. The van der Waals surface area contributed by atoms with E-state index in [1.807, 2.05) is 0 Å². The Morgan fingerprint density at radius 2 is 2.00 bits per heavy atom. The molecule has 0 saturated heterocycles. The lowest BCUT2D eigenvalue weighted by molar-refractivity contribution is 0.260. The highest BCUT2D eigenvalue weighted by molar-refractivity contribution is 6.42. The van der Waals surface area contributed by atoms with Gasteiger partial charge in [-0.2, -0.15) is 0 Å². The van der Waals surface area contributed by atoms with Crippen LogP contribution in [0, 0.1) is 11.7 Å². The molecule has 0 bridgehead atoms. The lowest BCUT2D eigenvalue weighted by Gasteiger charge is -2.32. The third-order valence-electron chi connectivity index (χ3n) is 3.07. The molecule has 0 unspecified atom stereocenters. The first-order valence-corrected chi connectivity index (χ1v) is 5.76. The van der Waals surface area contributed by atoms with Crippen molar-refractivity contribution in [3.63, 3.8) is 0 Å². The average molecular weight is 248 g/mol. The molecule has 0 heterocycles. The van der Waals surface area contributed by atoms with E-state index in [0.717, 1.165) is 19.3 Å². The second-order valence-electron chi connectivity index (χ2n) is 3.97. The topological polar surface area (TPSA) is 26.0 Å². The van der Waals surface area contributed by atoms with Crippen LogP contribution in [0.3, 0.4) is 0 Å². The first kappa shape index (κ1) is 11.2. The second kappa shape index (κ2) is 4.28. The molecule has 0 spiro atoms. The van der Waals surface area contributed by atoms with Crippen LogP contribution in [-0.2, 0) is 0 Å². The van der Waals surface area contributed by atoms with Crippen molar-refractivity contribution in [2.45, 2.75) is 25.3 Å². The molecule has 1 atom stereocenters. The molecule has 82 valence electrons. The van der Waals surface area contributed by atoms with Gasteiger partial charge < -0.3 is 5.73 Å². The standard InChI is InChI=1S/C11H12Cl2FN/c12-7-4-5-8(14)9(10(7)13)11(15)6-2-1-3-6/h4-6,11H,1-3,15H2/t11-/m1/s1. The van der Waals surface area contributed by atoms with Crippen LogP contribution in [0.4, 0.5) is 4.39 Å². The molecule has 0 radical (unpaired) electrons. The van der Waals surface area contributed by atoms with E-state index >= 15 is 0 Å². The first-order valence-electron chi connectivity index (χ1n) is 5.00. The van der Waals surface area contributed by atoms with E-state index in [9.17, 15) is 4.39 Å². The highest BCUT2D eigenvalue weighted by Crippen LogP contribution is 2.41. The first-order chi connectivity index (χ1) is 7.11. The van der Waals surface area contributed by atoms with Crippen molar-refractivity contribution in [1.29, 1.82) is 0 Å². The van der Waals surface area contributed by atoms with Crippen LogP contribution < -0.4 is 5.73 Å². The number of halogens is 3. The molecule has 1 fully saturated rings. The van der Waals surface area contributed by atoms with Crippen LogP contribution in [0.15, 0.2) is 12.1 Å². The fraction of sp³-hybridized carbons (Fsp3) is 0.455. The Kier molecular flexibility index (Phi) is 3.19. The zero-order chi connectivity index (χ0) is 11.0. The fourth-order valence-corrected chi connectivity index (χ4v) is 2.33. The fourth-order valence-electron chi connectivity index (χ4n) is 1.88. The van der Waals surface area contributed by atoms with Crippen LogP contribution in [0.5, 0.6) is 0 Å². The molecule has 1 aromatic rings. The summed E-state index contributed by atoms with van der Waals surface area (Å²) in [5.74, 6) is -0.0146. The van der Waals surface area contributed by atoms with E-state index in [1.54, 1.807) is 0 Å². The maximum absolute atomic E-state index is 13.6. The van der Waals surface area contributed by atoms with Crippen molar-refractivity contribution in [1.82, 2.24) is 0 Å². The SMILES string of the molecule is N[C@@H](c1c(F)ccc(Cl)c1Cl)C1CCC1. The molecule has 0 aromatic heterocycles. The largest absolute Gasteiger partial charge is 0.324 e. The van der Waals surface area contributed by atoms with Gasteiger partial charge in [0.05, 0.1) is 10.0 Å². The normalized spacial score (nSPS) is 18.7. The van der Waals surface area contributed by atoms with Crippen LogP contribution in [-0.4, -0.2) is 0 Å². The summed E-state index contributed by atoms with van der Waals surface area (Å²) in [7, 11) is 0. The van der Waals surface area contributed by atoms with Crippen molar-refractivity contribution in [3.05, 3.63) is 33.6 Å². The third-order valence-corrected chi connectivity index (χ3v) is 3.89. The predicted octanol–water partition coefficient (Wildman–Crippen LogP) is 3.93. The van der Waals surface area contributed by atoms with Gasteiger partial charge in [0.2, 0.25) is 0 Å². The Balaban J connectivity index is 2.36. The summed E-state index contributed by atoms with van der Waals surface area (Å²) in [4.78, 5) is 0. The number of benzene rings is 1. The van der Waals surface area contributed by atoms with Crippen LogP contribution >= 0.6 is 23.2 Å². The summed E-state index contributed by atoms with van der Waals surface area (Å²) in [6.45, 7) is 0. The van der Waals surface area contributed by atoms with Gasteiger partial charge in [-0.15, -0.1) is 0 Å². The maximum atomic E-state index is 13.6. The molecule has 4 heteroatoms. The van der Waals surface area contributed by atoms with E-state index in [4.69, 9.17) is 28.9 Å². The van der Waals surface area contributed by atoms with Crippen molar-refractivity contribution in [2.24, 2.45) is 11.7 Å². The van der Waals surface area contributed by atoms with Crippen LogP contribution in [0.2, 0.25) is 10.0 Å². The van der Waals surface area contributed by atoms with Crippen LogP contribution in [0.25, 0.3) is 0 Å². The van der Waals surface area contributed by atoms with Crippen molar-refractivity contribution in [2.75, 3.05) is 0 Å². The quantitative estimate of drug-likeness (QED) is 0.788. The molecule has 0 aliphatic heterocycles. The van der Waals surface area contributed by atoms with Gasteiger partial charge in [-0.05, 0) is 30.9 Å². The van der Waals surface area contributed by atoms with Gasteiger partial charge in [0, 0.05) is 11.6 Å². The summed E-state index contributed by atoms with van der Waals surface area (Å²) < 4.78 is 13.6. The zero-order valence-corrected chi connectivity index (χ0v) is 9.65. The van der Waals surface area contributed by atoms with Crippen molar-refractivity contribution < 1.29 is 4.39 Å². The Morgan fingerprint density at radius 1 is 1.33 bits per heavy atom. The predicted molar refractivity (Wildman–Crippen MR) is 60.7 cm³/mol. The van der Waals surface area contributed by atoms with E-state index in [1.165, 1.54) is 12.1 Å². The van der Waals surface area contributed by atoms with E-state index in [2.05, 4.69) is 0 Å². The molecule has 1 nitrogen and oxygen atoms in total. The summed E-state index contributed by atoms with van der Waals surface area (Å²) in [5, 5.41) is 0.624. The number of hydrogen-bond acceptors (Lipinski definition) is 1. The number of nitrogens with two attached hydrogens (primary N) is 1. The maximum Gasteiger partial charge on any atom is 0.129 e. The minimum absolute atomic E-state index is 0.260. The Hall–Kier alpha value is -0.310. The average Bonchev–Trinajstić information content (AvgIpc) is 2.09. The minimum Gasteiger partial charge on any atom is -0.324 e.